The molecule has 142 valence electrons. The van der Waals surface area contributed by atoms with Crippen LogP contribution in [0.15, 0.2) is 60.8 Å². The van der Waals surface area contributed by atoms with E-state index >= 15 is 0 Å². The molecule has 6 nitrogen and oxygen atoms in total. The number of halogens is 1. The van der Waals surface area contributed by atoms with Crippen LogP contribution in [0, 0.1) is 5.95 Å². The van der Waals surface area contributed by atoms with Crippen molar-refractivity contribution in [2.24, 2.45) is 0 Å². The molecule has 28 heavy (non-hydrogen) atoms. The maximum Gasteiger partial charge on any atom is 0.254 e. The molecule has 2 aromatic heterocycles. The summed E-state index contributed by atoms with van der Waals surface area (Å²) in [5.41, 5.74) is 2.18. The minimum absolute atomic E-state index is 0.173. The Morgan fingerprint density at radius 2 is 1.79 bits per heavy atom. The van der Waals surface area contributed by atoms with Gasteiger partial charge < -0.3 is 9.80 Å². The molecule has 4 rings (SSSR count). The van der Waals surface area contributed by atoms with Gasteiger partial charge in [0, 0.05) is 49.6 Å². The third-order valence-corrected chi connectivity index (χ3v) is 4.80. The van der Waals surface area contributed by atoms with E-state index in [0.29, 0.717) is 25.2 Å². The van der Waals surface area contributed by atoms with Gasteiger partial charge in [0.05, 0.1) is 5.69 Å². The predicted octanol–water partition coefficient (Wildman–Crippen LogP) is 3.03. The van der Waals surface area contributed by atoms with Gasteiger partial charge in [-0.05, 0) is 24.6 Å². The molecule has 0 radical (unpaired) electrons. The molecule has 3 aromatic rings. The molecule has 1 aromatic carbocycles. The highest BCUT2D eigenvalue weighted by Crippen LogP contribution is 2.19. The number of hydrogen-bond donors (Lipinski definition) is 0. The third kappa shape index (κ3) is 3.98. The van der Waals surface area contributed by atoms with Crippen molar-refractivity contribution < 1.29 is 9.18 Å². The van der Waals surface area contributed by atoms with Crippen LogP contribution in [-0.4, -0.2) is 52.2 Å². The number of carbonyl (C=O) groups excluding carboxylic acids is 1. The summed E-state index contributed by atoms with van der Waals surface area (Å²) in [6, 6.07) is 16.6. The minimum atomic E-state index is -0.643. The van der Waals surface area contributed by atoms with E-state index in [-0.39, 0.29) is 5.91 Å². The first-order valence-corrected chi connectivity index (χ1v) is 9.25. The Hall–Kier alpha value is -3.35. The summed E-state index contributed by atoms with van der Waals surface area (Å²) in [6.45, 7) is 2.60. The van der Waals surface area contributed by atoms with Gasteiger partial charge in [-0.25, -0.2) is 4.98 Å². The lowest BCUT2D eigenvalue weighted by molar-refractivity contribution is 0.0766. The molecule has 7 heteroatoms. The zero-order valence-electron chi connectivity index (χ0n) is 15.3. The molecule has 0 saturated carbocycles. The monoisotopic (exact) mass is 377 g/mol. The fourth-order valence-corrected chi connectivity index (χ4v) is 3.32. The molecule has 1 aliphatic heterocycles. The highest BCUT2D eigenvalue weighted by Gasteiger charge is 2.21. The Labute approximate surface area is 162 Å². The fourth-order valence-electron chi connectivity index (χ4n) is 3.32. The molecule has 1 amide bonds. The van der Waals surface area contributed by atoms with E-state index in [1.54, 1.807) is 11.0 Å². The van der Waals surface area contributed by atoms with Crippen molar-refractivity contribution in [2.45, 2.75) is 6.42 Å². The predicted molar refractivity (Wildman–Crippen MR) is 104 cm³/mol. The first-order chi connectivity index (χ1) is 13.7. The zero-order chi connectivity index (χ0) is 19.3. The summed E-state index contributed by atoms with van der Waals surface area (Å²) < 4.78 is 13.3. The molecule has 3 heterocycles. The molecule has 0 N–H and O–H groups in total. The van der Waals surface area contributed by atoms with Gasteiger partial charge in [-0.3, -0.25) is 4.79 Å². The highest BCUT2D eigenvalue weighted by molar-refractivity contribution is 5.94. The lowest BCUT2D eigenvalue weighted by atomic mass is 10.1. The highest BCUT2D eigenvalue weighted by atomic mass is 19.1. The molecule has 1 aliphatic rings. The molecule has 1 saturated heterocycles. The SMILES string of the molecule is O=C(c1ccnc(F)c1)N1CCCN(c2ccc(-c3ccccc3)nn2)CC1. The van der Waals surface area contributed by atoms with Crippen LogP contribution in [0.2, 0.25) is 0 Å². The average Bonchev–Trinajstić information content (AvgIpc) is 3.00. The molecule has 0 bridgehead atoms. The van der Waals surface area contributed by atoms with Crippen LogP contribution in [0.5, 0.6) is 0 Å². The Bertz CT molecular complexity index is 949. The van der Waals surface area contributed by atoms with Gasteiger partial charge in [-0.2, -0.15) is 4.39 Å². The van der Waals surface area contributed by atoms with E-state index in [4.69, 9.17) is 0 Å². The topological polar surface area (TPSA) is 62.2 Å². The summed E-state index contributed by atoms with van der Waals surface area (Å²) in [4.78, 5) is 20.0. The quantitative estimate of drug-likeness (QED) is 0.657. The van der Waals surface area contributed by atoms with Crippen LogP contribution in [0.25, 0.3) is 11.3 Å². The van der Waals surface area contributed by atoms with Gasteiger partial charge in [0.25, 0.3) is 5.91 Å². The van der Waals surface area contributed by atoms with Gasteiger partial charge in [0.15, 0.2) is 5.82 Å². The third-order valence-electron chi connectivity index (χ3n) is 4.80. The van der Waals surface area contributed by atoms with Crippen molar-refractivity contribution in [3.8, 4) is 11.3 Å². The van der Waals surface area contributed by atoms with Crippen molar-refractivity contribution in [3.05, 3.63) is 72.3 Å². The van der Waals surface area contributed by atoms with Gasteiger partial charge in [-0.1, -0.05) is 30.3 Å². The molecule has 0 spiro atoms. The molecule has 0 unspecified atom stereocenters. The van der Waals surface area contributed by atoms with Gasteiger partial charge in [0.2, 0.25) is 5.95 Å². The fraction of sp³-hybridized carbons (Fsp3) is 0.238. The molecular weight excluding hydrogens is 357 g/mol. The van der Waals surface area contributed by atoms with E-state index in [2.05, 4.69) is 20.1 Å². The maximum absolute atomic E-state index is 13.3. The van der Waals surface area contributed by atoms with E-state index in [9.17, 15) is 9.18 Å². The second-order valence-corrected chi connectivity index (χ2v) is 6.64. The lowest BCUT2D eigenvalue weighted by Gasteiger charge is -2.22. The van der Waals surface area contributed by atoms with E-state index in [1.165, 1.54) is 12.3 Å². The Kier molecular flexibility index (Phi) is 5.23. The Morgan fingerprint density at radius 1 is 0.929 bits per heavy atom. The number of aromatic nitrogens is 3. The summed E-state index contributed by atoms with van der Waals surface area (Å²) >= 11 is 0. The largest absolute Gasteiger partial charge is 0.353 e. The van der Waals surface area contributed by atoms with Crippen molar-refractivity contribution in [2.75, 3.05) is 31.1 Å². The Morgan fingerprint density at radius 3 is 2.54 bits per heavy atom. The lowest BCUT2D eigenvalue weighted by Crippen LogP contribution is -2.35. The summed E-state index contributed by atoms with van der Waals surface area (Å²) in [5.74, 6) is -0.0197. The number of rotatable bonds is 3. The number of carbonyl (C=O) groups is 1. The second kappa shape index (κ2) is 8.12. The van der Waals surface area contributed by atoms with Crippen molar-refractivity contribution in [3.63, 3.8) is 0 Å². The van der Waals surface area contributed by atoms with Crippen molar-refractivity contribution in [1.82, 2.24) is 20.1 Å². The molecule has 1 fully saturated rings. The van der Waals surface area contributed by atoms with Crippen LogP contribution in [0.4, 0.5) is 10.2 Å². The first-order valence-electron chi connectivity index (χ1n) is 9.25. The van der Waals surface area contributed by atoms with E-state index in [0.717, 1.165) is 30.0 Å². The van der Waals surface area contributed by atoms with Crippen molar-refractivity contribution >= 4 is 11.7 Å². The van der Waals surface area contributed by atoms with Gasteiger partial charge in [-0.15, -0.1) is 10.2 Å². The number of nitrogens with zero attached hydrogens (tertiary/aromatic N) is 5. The molecular formula is C21H20FN5O. The van der Waals surface area contributed by atoms with Crippen LogP contribution in [0.1, 0.15) is 16.8 Å². The van der Waals surface area contributed by atoms with Crippen LogP contribution >= 0.6 is 0 Å². The number of hydrogen-bond acceptors (Lipinski definition) is 5. The van der Waals surface area contributed by atoms with E-state index < -0.39 is 5.95 Å². The summed E-state index contributed by atoms with van der Waals surface area (Å²) in [7, 11) is 0. The second-order valence-electron chi connectivity index (χ2n) is 6.64. The first kappa shape index (κ1) is 18.0. The number of pyridine rings is 1. The minimum Gasteiger partial charge on any atom is -0.353 e. The molecule has 0 aliphatic carbocycles. The van der Waals surface area contributed by atoms with E-state index in [1.807, 2.05) is 42.5 Å². The van der Waals surface area contributed by atoms with Crippen molar-refractivity contribution in [1.29, 1.82) is 0 Å². The maximum atomic E-state index is 13.3. The number of anilines is 1. The summed E-state index contributed by atoms with van der Waals surface area (Å²) in [6.07, 6.45) is 2.12. The Balaban J connectivity index is 1.43. The normalized spacial score (nSPS) is 14.6. The summed E-state index contributed by atoms with van der Waals surface area (Å²) in [5, 5.41) is 8.72. The zero-order valence-corrected chi connectivity index (χ0v) is 15.3. The standard InChI is InChI=1S/C21H20FN5O/c22-19-15-17(9-10-23-19)21(28)27-12-4-11-26(13-14-27)20-8-7-18(24-25-20)16-5-2-1-3-6-16/h1-3,5-10,15H,4,11-14H2. The van der Waals surface area contributed by atoms with Gasteiger partial charge >= 0.3 is 0 Å². The molecule has 0 atom stereocenters. The van der Waals surface area contributed by atoms with Gasteiger partial charge in [0.1, 0.15) is 0 Å². The average molecular weight is 377 g/mol. The van der Waals surface area contributed by atoms with Crippen LogP contribution < -0.4 is 4.90 Å². The van der Waals surface area contributed by atoms with Crippen LogP contribution in [-0.2, 0) is 0 Å². The van der Waals surface area contributed by atoms with Crippen LogP contribution in [0.3, 0.4) is 0 Å². The smallest absolute Gasteiger partial charge is 0.254 e. The number of benzene rings is 1. The number of amides is 1.